The summed E-state index contributed by atoms with van der Waals surface area (Å²) in [4.78, 5) is 12.8. The van der Waals surface area contributed by atoms with Gasteiger partial charge in [0, 0.05) is 11.3 Å². The molecule has 1 N–H and O–H groups in total. The van der Waals surface area contributed by atoms with E-state index >= 15 is 0 Å². The summed E-state index contributed by atoms with van der Waals surface area (Å²) < 4.78 is 7.39. The zero-order valence-corrected chi connectivity index (χ0v) is 22.4. The standard InChI is InChI=1S/C29H32N4O2S/c1-19-7-14-23(15-8-19)33-27(21-10-12-22(13-11-21)29(3,4)5)31-32-28(33)36-18-26(34)30-24-17-20(2)9-16-25(24)35-6/h7-17H,18H2,1-6H3,(H,30,34). The van der Waals surface area contributed by atoms with E-state index < -0.39 is 0 Å². The van der Waals surface area contributed by atoms with Gasteiger partial charge in [-0.1, -0.05) is 80.6 Å². The number of methoxy groups -OCH3 is 1. The third kappa shape index (κ3) is 5.79. The molecule has 0 saturated heterocycles. The van der Waals surface area contributed by atoms with Gasteiger partial charge in [-0.25, -0.2) is 0 Å². The second-order valence-corrected chi connectivity index (χ2v) is 10.8. The Morgan fingerprint density at radius 2 is 1.61 bits per heavy atom. The topological polar surface area (TPSA) is 69.0 Å². The van der Waals surface area contributed by atoms with Crippen LogP contribution in [0.2, 0.25) is 0 Å². The minimum Gasteiger partial charge on any atom is -0.495 e. The number of rotatable bonds is 7. The lowest BCUT2D eigenvalue weighted by molar-refractivity contribution is -0.113. The number of hydrogen-bond acceptors (Lipinski definition) is 5. The molecule has 36 heavy (non-hydrogen) atoms. The van der Waals surface area contributed by atoms with Gasteiger partial charge < -0.3 is 10.1 Å². The predicted molar refractivity (Wildman–Crippen MR) is 147 cm³/mol. The van der Waals surface area contributed by atoms with Gasteiger partial charge in [0.1, 0.15) is 5.75 Å². The van der Waals surface area contributed by atoms with Crippen LogP contribution >= 0.6 is 11.8 Å². The number of nitrogens with zero attached hydrogens (tertiary/aromatic N) is 3. The van der Waals surface area contributed by atoms with Crippen LogP contribution in [0.15, 0.2) is 71.9 Å². The molecule has 4 aromatic rings. The maximum atomic E-state index is 12.8. The van der Waals surface area contributed by atoms with E-state index in [0.717, 1.165) is 22.6 Å². The third-order valence-corrected chi connectivity index (χ3v) is 6.83. The van der Waals surface area contributed by atoms with E-state index in [2.05, 4.69) is 79.6 Å². The van der Waals surface area contributed by atoms with E-state index in [0.29, 0.717) is 16.6 Å². The number of nitrogens with one attached hydrogen (secondary N) is 1. The first-order valence-corrected chi connectivity index (χ1v) is 12.8. The summed E-state index contributed by atoms with van der Waals surface area (Å²) >= 11 is 1.35. The highest BCUT2D eigenvalue weighted by atomic mass is 32.2. The Labute approximate surface area is 217 Å². The van der Waals surface area contributed by atoms with Crippen molar-refractivity contribution in [2.24, 2.45) is 0 Å². The van der Waals surface area contributed by atoms with Gasteiger partial charge in [0.2, 0.25) is 5.91 Å². The molecule has 0 bridgehead atoms. The molecule has 0 radical (unpaired) electrons. The summed E-state index contributed by atoms with van der Waals surface area (Å²) in [5.41, 5.74) is 6.11. The lowest BCUT2D eigenvalue weighted by Gasteiger charge is -2.19. The molecule has 1 amide bonds. The van der Waals surface area contributed by atoms with Crippen LogP contribution in [0.1, 0.15) is 37.5 Å². The number of carbonyl (C=O) groups is 1. The molecule has 186 valence electrons. The second kappa shape index (κ2) is 10.6. The van der Waals surface area contributed by atoms with E-state index in [1.807, 2.05) is 41.8 Å². The molecule has 0 aliphatic rings. The molecular weight excluding hydrogens is 468 g/mol. The van der Waals surface area contributed by atoms with Crippen LogP contribution in [0.25, 0.3) is 17.1 Å². The average molecular weight is 501 g/mol. The molecule has 1 heterocycles. The van der Waals surface area contributed by atoms with Crippen LogP contribution in [0.4, 0.5) is 5.69 Å². The van der Waals surface area contributed by atoms with E-state index in [9.17, 15) is 4.79 Å². The number of carbonyl (C=O) groups excluding carboxylic acids is 1. The fraction of sp³-hybridized carbons (Fsp3) is 0.276. The van der Waals surface area contributed by atoms with Gasteiger partial charge in [-0.05, 0) is 54.7 Å². The van der Waals surface area contributed by atoms with Crippen molar-refractivity contribution in [1.29, 1.82) is 0 Å². The molecule has 0 saturated carbocycles. The molecule has 7 heteroatoms. The van der Waals surface area contributed by atoms with Gasteiger partial charge in [-0.15, -0.1) is 10.2 Å². The van der Waals surface area contributed by atoms with Gasteiger partial charge in [-0.3, -0.25) is 9.36 Å². The average Bonchev–Trinajstić information content (AvgIpc) is 3.27. The van der Waals surface area contributed by atoms with Crippen LogP contribution in [0, 0.1) is 13.8 Å². The fourth-order valence-electron chi connectivity index (χ4n) is 3.83. The van der Waals surface area contributed by atoms with Crippen LogP contribution in [0.5, 0.6) is 5.75 Å². The van der Waals surface area contributed by atoms with Gasteiger partial charge in [0.15, 0.2) is 11.0 Å². The predicted octanol–water partition coefficient (Wildman–Crippen LogP) is 6.59. The van der Waals surface area contributed by atoms with Crippen molar-refractivity contribution < 1.29 is 9.53 Å². The van der Waals surface area contributed by atoms with Crippen LogP contribution in [-0.4, -0.2) is 33.5 Å². The summed E-state index contributed by atoms with van der Waals surface area (Å²) in [5, 5.41) is 12.6. The SMILES string of the molecule is COc1ccc(C)cc1NC(=O)CSc1nnc(-c2ccc(C(C)(C)C)cc2)n1-c1ccc(C)cc1. The van der Waals surface area contributed by atoms with E-state index in [4.69, 9.17) is 4.74 Å². The molecular formula is C29H32N4O2S. The third-order valence-electron chi connectivity index (χ3n) is 5.90. The quantitative estimate of drug-likeness (QED) is 0.290. The van der Waals surface area contributed by atoms with Crippen molar-refractivity contribution in [2.45, 2.75) is 45.2 Å². The van der Waals surface area contributed by atoms with Gasteiger partial charge in [0.25, 0.3) is 0 Å². The smallest absolute Gasteiger partial charge is 0.234 e. The number of hydrogen-bond donors (Lipinski definition) is 1. The minimum atomic E-state index is -0.140. The van der Waals surface area contributed by atoms with Crippen molar-refractivity contribution in [3.63, 3.8) is 0 Å². The molecule has 0 aliphatic carbocycles. The lowest BCUT2D eigenvalue weighted by atomic mass is 9.87. The fourth-order valence-corrected chi connectivity index (χ4v) is 4.58. The van der Waals surface area contributed by atoms with Gasteiger partial charge in [-0.2, -0.15) is 0 Å². The highest BCUT2D eigenvalue weighted by Crippen LogP contribution is 2.31. The van der Waals surface area contributed by atoms with Crippen molar-refractivity contribution in [3.05, 3.63) is 83.4 Å². The molecule has 3 aromatic carbocycles. The Bertz CT molecular complexity index is 1350. The molecule has 0 fully saturated rings. The summed E-state index contributed by atoms with van der Waals surface area (Å²) in [6.45, 7) is 10.6. The van der Waals surface area contributed by atoms with Crippen molar-refractivity contribution in [3.8, 4) is 22.8 Å². The van der Waals surface area contributed by atoms with Crippen LogP contribution in [0.3, 0.4) is 0 Å². The van der Waals surface area contributed by atoms with Gasteiger partial charge >= 0.3 is 0 Å². The molecule has 0 aliphatic heterocycles. The largest absolute Gasteiger partial charge is 0.495 e. The molecule has 0 unspecified atom stereocenters. The summed E-state index contributed by atoms with van der Waals surface area (Å²) in [6.07, 6.45) is 0. The Morgan fingerprint density at radius 1 is 0.944 bits per heavy atom. The number of amides is 1. The zero-order chi connectivity index (χ0) is 25.9. The first-order valence-electron chi connectivity index (χ1n) is 11.9. The first kappa shape index (κ1) is 25.5. The molecule has 0 atom stereocenters. The van der Waals surface area contributed by atoms with E-state index in [1.165, 1.54) is 22.9 Å². The van der Waals surface area contributed by atoms with Crippen molar-refractivity contribution in [1.82, 2.24) is 14.8 Å². The number of anilines is 1. The Morgan fingerprint density at radius 3 is 2.25 bits per heavy atom. The molecule has 6 nitrogen and oxygen atoms in total. The van der Waals surface area contributed by atoms with Crippen molar-refractivity contribution in [2.75, 3.05) is 18.2 Å². The lowest BCUT2D eigenvalue weighted by Crippen LogP contribution is -2.15. The summed E-state index contributed by atoms with van der Waals surface area (Å²) in [7, 11) is 1.59. The highest BCUT2D eigenvalue weighted by molar-refractivity contribution is 7.99. The Kier molecular flexibility index (Phi) is 7.50. The number of aryl methyl sites for hydroxylation is 2. The normalized spacial score (nSPS) is 11.4. The van der Waals surface area contributed by atoms with E-state index in [1.54, 1.807) is 7.11 Å². The van der Waals surface area contributed by atoms with Crippen LogP contribution in [-0.2, 0) is 10.2 Å². The molecule has 1 aromatic heterocycles. The first-order chi connectivity index (χ1) is 17.2. The highest BCUT2D eigenvalue weighted by Gasteiger charge is 2.19. The number of aromatic nitrogens is 3. The van der Waals surface area contributed by atoms with Crippen LogP contribution < -0.4 is 10.1 Å². The maximum Gasteiger partial charge on any atom is 0.234 e. The molecule has 0 spiro atoms. The zero-order valence-electron chi connectivity index (χ0n) is 21.6. The number of ether oxygens (including phenoxy) is 1. The summed E-state index contributed by atoms with van der Waals surface area (Å²) in [6, 6.07) is 22.4. The van der Waals surface area contributed by atoms with Crippen molar-refractivity contribution >= 4 is 23.4 Å². The Hall–Kier alpha value is -3.58. The monoisotopic (exact) mass is 500 g/mol. The van der Waals surface area contributed by atoms with Gasteiger partial charge in [0.05, 0.1) is 18.6 Å². The maximum absolute atomic E-state index is 12.8. The second-order valence-electron chi connectivity index (χ2n) is 9.85. The minimum absolute atomic E-state index is 0.0670. The number of benzene rings is 3. The number of thioether (sulfide) groups is 1. The summed E-state index contributed by atoms with van der Waals surface area (Å²) in [5.74, 6) is 1.41. The molecule has 4 rings (SSSR count). The van der Waals surface area contributed by atoms with E-state index in [-0.39, 0.29) is 17.1 Å². The Balaban J connectivity index is 1.61.